The fraction of sp³-hybridized carbons (Fsp3) is 0.429. The zero-order valence-corrected chi connectivity index (χ0v) is 14.7. The number of nitrogens with one attached hydrogen (secondary N) is 2. The molecule has 1 fully saturated rings. The summed E-state index contributed by atoms with van der Waals surface area (Å²) in [6.45, 7) is 2.63. The van der Waals surface area contributed by atoms with Crippen LogP contribution in [0.25, 0.3) is 0 Å². The molecule has 1 aromatic carbocycles. The van der Waals surface area contributed by atoms with Crippen LogP contribution < -0.4 is 10.6 Å². The molecule has 0 aliphatic carbocycles. The predicted octanol–water partition coefficient (Wildman–Crippen LogP) is 3.38. The summed E-state index contributed by atoms with van der Waals surface area (Å²) in [4.78, 5) is 23.9. The average Bonchev–Trinajstić information content (AvgIpc) is 2.41. The second-order valence-electron chi connectivity index (χ2n) is 5.29. The third kappa shape index (κ3) is 3.64. The van der Waals surface area contributed by atoms with Crippen LogP contribution in [0.15, 0.2) is 21.1 Å². The molecule has 2 rings (SSSR count). The number of piperidine rings is 1. The minimum absolute atomic E-state index is 0.0454. The van der Waals surface area contributed by atoms with E-state index in [9.17, 15) is 14.7 Å². The summed E-state index contributed by atoms with van der Waals surface area (Å²) in [5, 5.41) is 15.3. The number of amides is 1. The lowest BCUT2D eigenvalue weighted by molar-refractivity contribution is -0.122. The summed E-state index contributed by atoms with van der Waals surface area (Å²) in [5.41, 5.74) is -0.339. The standard InChI is InChI=1S/C14H16Br2N2O3/c1-14(4-2-3-5-17-14)13(21)18-11-9(12(19)20)6-8(15)7-10(11)16/h6-7,17H,2-5H2,1H3,(H,18,21)(H,19,20). The normalized spacial score (nSPS) is 21.9. The van der Waals surface area contributed by atoms with Crippen molar-refractivity contribution in [3.05, 3.63) is 26.6 Å². The van der Waals surface area contributed by atoms with Gasteiger partial charge in [-0.3, -0.25) is 4.79 Å². The number of hydrogen-bond acceptors (Lipinski definition) is 3. The van der Waals surface area contributed by atoms with Crippen molar-refractivity contribution in [3.8, 4) is 0 Å². The van der Waals surface area contributed by atoms with Crippen molar-refractivity contribution in [2.24, 2.45) is 0 Å². The van der Waals surface area contributed by atoms with Gasteiger partial charge >= 0.3 is 5.97 Å². The van der Waals surface area contributed by atoms with Gasteiger partial charge in [0, 0.05) is 8.95 Å². The lowest BCUT2D eigenvalue weighted by Crippen LogP contribution is -2.54. The summed E-state index contributed by atoms with van der Waals surface area (Å²) in [7, 11) is 0. The van der Waals surface area contributed by atoms with Crippen LogP contribution in [-0.4, -0.2) is 29.1 Å². The first-order valence-corrected chi connectivity index (χ1v) is 8.21. The van der Waals surface area contributed by atoms with Gasteiger partial charge in [0.2, 0.25) is 5.91 Å². The molecule has 1 aromatic rings. The highest BCUT2D eigenvalue weighted by Crippen LogP contribution is 2.32. The maximum Gasteiger partial charge on any atom is 0.337 e. The Morgan fingerprint density at radius 1 is 1.33 bits per heavy atom. The van der Waals surface area contributed by atoms with Gasteiger partial charge in [0.05, 0.1) is 16.8 Å². The van der Waals surface area contributed by atoms with Crippen molar-refractivity contribution >= 4 is 49.4 Å². The Morgan fingerprint density at radius 3 is 2.62 bits per heavy atom. The lowest BCUT2D eigenvalue weighted by Gasteiger charge is -2.33. The van der Waals surface area contributed by atoms with Crippen LogP contribution in [0.4, 0.5) is 5.69 Å². The Kier molecular flexibility index (Phi) is 5.06. The molecule has 7 heteroatoms. The SMILES string of the molecule is CC1(C(=O)Nc2c(Br)cc(Br)cc2C(=O)O)CCCCN1. The van der Waals surface area contributed by atoms with Gasteiger partial charge in [-0.05, 0) is 60.8 Å². The quantitative estimate of drug-likeness (QED) is 0.701. The molecule has 0 radical (unpaired) electrons. The molecular weight excluding hydrogens is 404 g/mol. The third-order valence-corrected chi connectivity index (χ3v) is 4.73. The topological polar surface area (TPSA) is 78.4 Å². The van der Waals surface area contributed by atoms with E-state index >= 15 is 0 Å². The van der Waals surface area contributed by atoms with Crippen molar-refractivity contribution in [1.82, 2.24) is 5.32 Å². The van der Waals surface area contributed by atoms with Crippen molar-refractivity contribution < 1.29 is 14.7 Å². The van der Waals surface area contributed by atoms with E-state index in [1.807, 2.05) is 6.92 Å². The van der Waals surface area contributed by atoms with Crippen molar-refractivity contribution in [3.63, 3.8) is 0 Å². The van der Waals surface area contributed by atoms with Gasteiger partial charge in [0.1, 0.15) is 0 Å². The van der Waals surface area contributed by atoms with E-state index in [-0.39, 0.29) is 17.2 Å². The van der Waals surface area contributed by atoms with Crippen molar-refractivity contribution in [1.29, 1.82) is 0 Å². The molecule has 3 N–H and O–H groups in total. The maximum atomic E-state index is 12.5. The fourth-order valence-corrected chi connectivity index (χ4v) is 3.70. The zero-order chi connectivity index (χ0) is 15.6. The monoisotopic (exact) mass is 418 g/mol. The molecule has 21 heavy (non-hydrogen) atoms. The minimum atomic E-state index is -1.09. The van der Waals surface area contributed by atoms with Gasteiger partial charge in [-0.15, -0.1) is 0 Å². The van der Waals surface area contributed by atoms with Crippen LogP contribution in [-0.2, 0) is 4.79 Å². The number of halogens is 2. The number of anilines is 1. The van der Waals surface area contributed by atoms with Gasteiger partial charge in [-0.1, -0.05) is 15.9 Å². The van der Waals surface area contributed by atoms with E-state index in [2.05, 4.69) is 42.5 Å². The molecule has 1 atom stereocenters. The molecule has 5 nitrogen and oxygen atoms in total. The Balaban J connectivity index is 2.30. The van der Waals surface area contributed by atoms with Crippen LogP contribution in [0, 0.1) is 0 Å². The third-order valence-electron chi connectivity index (χ3n) is 3.64. The molecule has 1 aliphatic rings. The molecular formula is C14H16Br2N2O3. The Morgan fingerprint density at radius 2 is 2.05 bits per heavy atom. The number of carboxylic acid groups (broad SMARTS) is 1. The van der Waals surface area contributed by atoms with Gasteiger partial charge in [-0.25, -0.2) is 4.79 Å². The van der Waals surface area contributed by atoms with Crippen LogP contribution >= 0.6 is 31.9 Å². The van der Waals surface area contributed by atoms with E-state index in [0.717, 1.165) is 25.8 Å². The van der Waals surface area contributed by atoms with E-state index in [0.29, 0.717) is 8.95 Å². The summed E-state index contributed by atoms with van der Waals surface area (Å²) in [6.07, 6.45) is 2.75. The summed E-state index contributed by atoms with van der Waals surface area (Å²) in [5.74, 6) is -1.30. The summed E-state index contributed by atoms with van der Waals surface area (Å²) >= 11 is 6.56. The van der Waals surface area contributed by atoms with Gasteiger partial charge in [-0.2, -0.15) is 0 Å². The maximum absolute atomic E-state index is 12.5. The minimum Gasteiger partial charge on any atom is -0.478 e. The molecule has 0 aromatic heterocycles. The van der Waals surface area contributed by atoms with E-state index in [4.69, 9.17) is 0 Å². The van der Waals surface area contributed by atoms with Crippen LogP contribution in [0.5, 0.6) is 0 Å². The smallest absolute Gasteiger partial charge is 0.337 e. The Bertz CT molecular complexity index is 584. The highest BCUT2D eigenvalue weighted by Gasteiger charge is 2.35. The fourth-order valence-electron chi connectivity index (χ4n) is 2.37. The molecule has 0 saturated carbocycles. The Hall–Kier alpha value is -0.920. The lowest BCUT2D eigenvalue weighted by atomic mass is 9.90. The predicted molar refractivity (Wildman–Crippen MR) is 87.7 cm³/mol. The zero-order valence-electron chi connectivity index (χ0n) is 11.5. The molecule has 114 valence electrons. The first-order chi connectivity index (χ1) is 9.83. The highest BCUT2D eigenvalue weighted by atomic mass is 79.9. The van der Waals surface area contributed by atoms with E-state index in [1.54, 1.807) is 6.07 Å². The molecule has 0 bridgehead atoms. The summed E-state index contributed by atoms with van der Waals surface area (Å²) in [6, 6.07) is 3.18. The first-order valence-electron chi connectivity index (χ1n) is 6.62. The molecule has 0 spiro atoms. The highest BCUT2D eigenvalue weighted by molar-refractivity contribution is 9.11. The molecule has 1 aliphatic heterocycles. The number of carbonyl (C=O) groups excluding carboxylic acids is 1. The largest absolute Gasteiger partial charge is 0.478 e. The van der Waals surface area contributed by atoms with Crippen molar-refractivity contribution in [2.45, 2.75) is 31.7 Å². The van der Waals surface area contributed by atoms with Gasteiger partial charge in [0.25, 0.3) is 0 Å². The van der Waals surface area contributed by atoms with Crippen LogP contribution in [0.3, 0.4) is 0 Å². The number of benzene rings is 1. The molecule has 1 amide bonds. The van der Waals surface area contributed by atoms with E-state index in [1.165, 1.54) is 6.07 Å². The first kappa shape index (κ1) is 16.5. The number of carbonyl (C=O) groups is 2. The number of rotatable bonds is 3. The number of aromatic carboxylic acids is 1. The van der Waals surface area contributed by atoms with Gasteiger partial charge in [0.15, 0.2) is 0 Å². The van der Waals surface area contributed by atoms with E-state index < -0.39 is 11.5 Å². The van der Waals surface area contributed by atoms with Gasteiger partial charge < -0.3 is 15.7 Å². The number of carboxylic acids is 1. The summed E-state index contributed by atoms with van der Waals surface area (Å²) < 4.78 is 1.16. The molecule has 1 unspecified atom stereocenters. The molecule has 1 saturated heterocycles. The Labute approximate surface area is 139 Å². The second kappa shape index (κ2) is 6.46. The average molecular weight is 420 g/mol. The van der Waals surface area contributed by atoms with Crippen LogP contribution in [0.1, 0.15) is 36.5 Å². The van der Waals surface area contributed by atoms with Crippen LogP contribution in [0.2, 0.25) is 0 Å². The van der Waals surface area contributed by atoms with Crippen molar-refractivity contribution in [2.75, 3.05) is 11.9 Å². The molecule has 1 heterocycles. The number of hydrogen-bond donors (Lipinski definition) is 3. The second-order valence-corrected chi connectivity index (χ2v) is 7.06.